The fourth-order valence-corrected chi connectivity index (χ4v) is 3.96. The highest BCUT2D eigenvalue weighted by molar-refractivity contribution is 6.39. The topological polar surface area (TPSA) is 79.5 Å². The van der Waals surface area contributed by atoms with Crippen LogP contribution in [0.4, 0.5) is 22.7 Å². The summed E-state index contributed by atoms with van der Waals surface area (Å²) in [5, 5.41) is 9.84. The van der Waals surface area contributed by atoms with E-state index in [1.165, 1.54) is 0 Å². The number of nitrogens with one attached hydrogen (secondary N) is 3. The molecule has 0 aromatic heterocycles. The number of rotatable bonds is 9. The Labute approximate surface area is 219 Å². The van der Waals surface area contributed by atoms with Gasteiger partial charge in [0.15, 0.2) is 6.61 Å². The highest BCUT2D eigenvalue weighted by atomic mass is 35.5. The number of ether oxygens (including phenoxy) is 1. The molecular weight excluding hydrogens is 497 g/mol. The van der Waals surface area contributed by atoms with E-state index >= 15 is 0 Å². The van der Waals surface area contributed by atoms with Crippen molar-refractivity contribution in [1.82, 2.24) is 0 Å². The maximum atomic E-state index is 12.8. The molecule has 2 amide bonds. The Kier molecular flexibility index (Phi) is 8.44. The molecule has 182 valence electrons. The lowest BCUT2D eigenvalue weighted by Gasteiger charge is -2.15. The molecule has 4 aromatic carbocycles. The van der Waals surface area contributed by atoms with Crippen LogP contribution in [-0.2, 0) is 16.0 Å². The van der Waals surface area contributed by atoms with Crippen molar-refractivity contribution in [2.45, 2.75) is 6.42 Å². The van der Waals surface area contributed by atoms with Gasteiger partial charge < -0.3 is 20.7 Å². The zero-order valence-corrected chi connectivity index (χ0v) is 20.6. The molecule has 8 heteroatoms. The molecule has 0 saturated carbocycles. The number of carbonyl (C=O) groups is 2. The van der Waals surface area contributed by atoms with E-state index in [1.54, 1.807) is 54.6 Å². The minimum atomic E-state index is -0.305. The van der Waals surface area contributed by atoms with E-state index in [2.05, 4.69) is 16.0 Å². The van der Waals surface area contributed by atoms with Gasteiger partial charge in [0, 0.05) is 17.1 Å². The van der Waals surface area contributed by atoms with Crippen molar-refractivity contribution < 1.29 is 14.3 Å². The summed E-state index contributed by atoms with van der Waals surface area (Å²) in [6.45, 7) is -0.125. The maximum Gasteiger partial charge on any atom is 0.262 e. The standard InChI is InChI=1S/C28H23Cl2N3O3/c29-23-13-7-14-24(30)28(23)33-25-15-5-4-8-19(25)16-26(34)31-20-9-6-10-21(17-20)32-27(35)18-36-22-11-2-1-3-12-22/h1-15,17,33H,16,18H2,(H,31,34)(H,32,35). The van der Waals surface area contributed by atoms with Gasteiger partial charge in [0.2, 0.25) is 5.91 Å². The molecule has 0 aliphatic carbocycles. The SMILES string of the molecule is O=C(COc1ccccc1)Nc1cccc(NC(=O)Cc2ccccc2Nc2c(Cl)cccc2Cl)c1. The van der Waals surface area contributed by atoms with Gasteiger partial charge in [-0.25, -0.2) is 0 Å². The predicted molar refractivity (Wildman–Crippen MR) is 146 cm³/mol. The average Bonchev–Trinajstić information content (AvgIpc) is 2.87. The predicted octanol–water partition coefficient (Wildman–Crippen LogP) is 6.94. The minimum absolute atomic E-state index is 0.118. The minimum Gasteiger partial charge on any atom is -0.484 e. The monoisotopic (exact) mass is 519 g/mol. The van der Waals surface area contributed by atoms with Gasteiger partial charge in [-0.3, -0.25) is 9.59 Å². The van der Waals surface area contributed by atoms with Crippen molar-refractivity contribution in [3.63, 3.8) is 0 Å². The summed E-state index contributed by atoms with van der Waals surface area (Å²) in [6, 6.07) is 28.7. The number of benzene rings is 4. The van der Waals surface area contributed by atoms with Gasteiger partial charge in [0.05, 0.1) is 22.2 Å². The Morgan fingerprint density at radius 1 is 0.694 bits per heavy atom. The third-order valence-electron chi connectivity index (χ3n) is 5.13. The number of carbonyl (C=O) groups excluding carboxylic acids is 2. The van der Waals surface area contributed by atoms with Gasteiger partial charge in [-0.2, -0.15) is 0 Å². The molecule has 0 aliphatic heterocycles. The highest BCUT2D eigenvalue weighted by Crippen LogP contribution is 2.33. The molecule has 0 aliphatic rings. The first-order chi connectivity index (χ1) is 17.5. The number of para-hydroxylation sites is 3. The molecule has 0 unspecified atom stereocenters. The molecule has 0 saturated heterocycles. The zero-order chi connectivity index (χ0) is 25.3. The Hall–Kier alpha value is -4.00. The Bertz CT molecular complexity index is 1340. The van der Waals surface area contributed by atoms with E-state index in [1.807, 2.05) is 42.5 Å². The molecule has 0 bridgehead atoms. The zero-order valence-electron chi connectivity index (χ0n) is 19.1. The lowest BCUT2D eigenvalue weighted by Crippen LogP contribution is -2.20. The molecule has 36 heavy (non-hydrogen) atoms. The summed E-state index contributed by atoms with van der Waals surface area (Å²) in [7, 11) is 0. The van der Waals surface area contributed by atoms with Crippen LogP contribution in [0.25, 0.3) is 0 Å². The fraction of sp³-hybridized carbons (Fsp3) is 0.0714. The van der Waals surface area contributed by atoms with Crippen LogP contribution in [-0.4, -0.2) is 18.4 Å². The maximum absolute atomic E-state index is 12.8. The first-order valence-electron chi connectivity index (χ1n) is 11.1. The number of amides is 2. The third kappa shape index (κ3) is 7.01. The van der Waals surface area contributed by atoms with Crippen molar-refractivity contribution in [3.8, 4) is 5.75 Å². The quantitative estimate of drug-likeness (QED) is 0.224. The molecule has 0 radical (unpaired) electrons. The lowest BCUT2D eigenvalue weighted by molar-refractivity contribution is -0.118. The van der Waals surface area contributed by atoms with E-state index in [0.29, 0.717) is 32.9 Å². The number of halogens is 2. The fourth-order valence-electron chi connectivity index (χ4n) is 3.46. The van der Waals surface area contributed by atoms with Crippen LogP contribution in [0, 0.1) is 0 Å². The van der Waals surface area contributed by atoms with Gasteiger partial charge in [-0.1, -0.05) is 71.7 Å². The summed E-state index contributed by atoms with van der Waals surface area (Å²) in [4.78, 5) is 25.1. The van der Waals surface area contributed by atoms with E-state index in [-0.39, 0.29) is 24.8 Å². The second-order valence-corrected chi connectivity index (χ2v) is 8.65. The highest BCUT2D eigenvalue weighted by Gasteiger charge is 2.12. The van der Waals surface area contributed by atoms with Crippen molar-refractivity contribution >= 4 is 57.8 Å². The van der Waals surface area contributed by atoms with Crippen LogP contribution in [0.15, 0.2) is 97.1 Å². The van der Waals surface area contributed by atoms with E-state index < -0.39 is 0 Å². The van der Waals surface area contributed by atoms with Crippen LogP contribution >= 0.6 is 23.2 Å². The Morgan fingerprint density at radius 3 is 2.03 bits per heavy atom. The molecule has 4 aromatic rings. The summed E-state index contributed by atoms with van der Waals surface area (Å²) in [5.41, 5.74) is 3.18. The summed E-state index contributed by atoms with van der Waals surface area (Å²) >= 11 is 12.6. The first-order valence-corrected chi connectivity index (χ1v) is 11.9. The normalized spacial score (nSPS) is 10.4. The van der Waals surface area contributed by atoms with Crippen molar-refractivity contribution in [2.24, 2.45) is 0 Å². The first kappa shape index (κ1) is 25.1. The molecule has 6 nitrogen and oxygen atoms in total. The van der Waals surface area contributed by atoms with Gasteiger partial charge in [0.1, 0.15) is 5.75 Å². The summed E-state index contributed by atoms with van der Waals surface area (Å²) in [5.74, 6) is 0.0891. The smallest absolute Gasteiger partial charge is 0.262 e. The van der Waals surface area contributed by atoms with Crippen molar-refractivity contribution in [2.75, 3.05) is 22.6 Å². The van der Waals surface area contributed by atoms with Gasteiger partial charge in [0.25, 0.3) is 5.91 Å². The Morgan fingerprint density at radius 2 is 1.31 bits per heavy atom. The number of hydrogen-bond donors (Lipinski definition) is 3. The Balaban J connectivity index is 1.36. The van der Waals surface area contributed by atoms with E-state index in [9.17, 15) is 9.59 Å². The molecule has 0 spiro atoms. The summed E-state index contributed by atoms with van der Waals surface area (Å²) < 4.78 is 5.47. The molecular formula is C28H23Cl2N3O3. The molecule has 0 fully saturated rings. The van der Waals surface area contributed by atoms with E-state index in [4.69, 9.17) is 27.9 Å². The number of anilines is 4. The largest absolute Gasteiger partial charge is 0.484 e. The van der Waals surface area contributed by atoms with Gasteiger partial charge in [-0.05, 0) is 54.1 Å². The lowest BCUT2D eigenvalue weighted by atomic mass is 10.1. The third-order valence-corrected chi connectivity index (χ3v) is 5.76. The van der Waals surface area contributed by atoms with Crippen LogP contribution in [0.3, 0.4) is 0 Å². The van der Waals surface area contributed by atoms with Crippen LogP contribution in [0.2, 0.25) is 10.0 Å². The summed E-state index contributed by atoms with van der Waals surface area (Å²) in [6.07, 6.45) is 0.118. The van der Waals surface area contributed by atoms with Crippen LogP contribution < -0.4 is 20.7 Å². The van der Waals surface area contributed by atoms with Crippen molar-refractivity contribution in [1.29, 1.82) is 0 Å². The second kappa shape index (κ2) is 12.1. The number of hydrogen-bond acceptors (Lipinski definition) is 4. The van der Waals surface area contributed by atoms with Gasteiger partial charge >= 0.3 is 0 Å². The molecule has 4 rings (SSSR count). The average molecular weight is 520 g/mol. The van der Waals surface area contributed by atoms with Crippen molar-refractivity contribution in [3.05, 3.63) is 113 Å². The van der Waals surface area contributed by atoms with Gasteiger partial charge in [-0.15, -0.1) is 0 Å². The molecule has 3 N–H and O–H groups in total. The van der Waals surface area contributed by atoms with Crippen LogP contribution in [0.1, 0.15) is 5.56 Å². The molecule has 0 atom stereocenters. The molecule has 0 heterocycles. The second-order valence-electron chi connectivity index (χ2n) is 7.83. The van der Waals surface area contributed by atoms with Crippen LogP contribution in [0.5, 0.6) is 5.75 Å². The van der Waals surface area contributed by atoms with E-state index in [0.717, 1.165) is 11.3 Å².